The molecule has 0 aliphatic heterocycles. The van der Waals surface area contributed by atoms with Crippen LogP contribution in [0.15, 0.2) is 34.7 Å². The highest BCUT2D eigenvalue weighted by molar-refractivity contribution is 7.91. The molecule has 0 unspecified atom stereocenters. The van der Waals surface area contributed by atoms with E-state index in [1.54, 1.807) is 0 Å². The Hall–Kier alpha value is -1.36. The van der Waals surface area contributed by atoms with E-state index < -0.39 is 21.8 Å². The van der Waals surface area contributed by atoms with Gasteiger partial charge < -0.3 is 4.74 Å². The predicted molar refractivity (Wildman–Crippen MR) is 95.6 cm³/mol. The first-order valence-electron chi connectivity index (χ1n) is 8.11. The van der Waals surface area contributed by atoms with Crippen LogP contribution in [0.25, 0.3) is 0 Å². The van der Waals surface area contributed by atoms with E-state index in [2.05, 4.69) is 9.71 Å². The number of nitrogens with one attached hydrogen (secondary N) is 1. The summed E-state index contributed by atoms with van der Waals surface area (Å²) in [7, 11) is -3.61. The van der Waals surface area contributed by atoms with Gasteiger partial charge >= 0.3 is 6.18 Å². The molecule has 1 N–H and O–H groups in total. The monoisotopic (exact) mass is 440 g/mol. The summed E-state index contributed by atoms with van der Waals surface area (Å²) in [6, 6.07) is 4.88. The summed E-state index contributed by atoms with van der Waals surface area (Å²) >= 11 is 6.77. The first kappa shape index (κ1) is 20.4. The van der Waals surface area contributed by atoms with Crippen molar-refractivity contribution in [2.45, 2.75) is 48.2 Å². The third-order valence-corrected chi connectivity index (χ3v) is 7.40. The molecule has 0 bridgehead atoms. The maximum Gasteiger partial charge on any atom is 0.417 e. The molecule has 1 fully saturated rings. The Bertz CT molecular complexity index is 877. The zero-order valence-electron chi connectivity index (χ0n) is 13.9. The molecule has 5 nitrogen and oxygen atoms in total. The fourth-order valence-corrected chi connectivity index (χ4v) is 5.61. The molecule has 0 aromatic carbocycles. The maximum atomic E-state index is 12.5. The van der Waals surface area contributed by atoms with Gasteiger partial charge in [0.25, 0.3) is 0 Å². The summed E-state index contributed by atoms with van der Waals surface area (Å²) in [4.78, 5) is 3.69. The van der Waals surface area contributed by atoms with Gasteiger partial charge in [-0.25, -0.2) is 18.1 Å². The van der Waals surface area contributed by atoms with Gasteiger partial charge in [-0.3, -0.25) is 0 Å². The fraction of sp³-hybridized carbons (Fsp3) is 0.438. The van der Waals surface area contributed by atoms with Crippen molar-refractivity contribution in [2.75, 3.05) is 0 Å². The number of pyridine rings is 1. The first-order chi connectivity index (χ1) is 12.6. The summed E-state index contributed by atoms with van der Waals surface area (Å²) in [6.45, 7) is 0. The minimum atomic E-state index is -4.44. The van der Waals surface area contributed by atoms with Crippen molar-refractivity contribution in [1.82, 2.24) is 9.71 Å². The molecule has 1 saturated carbocycles. The maximum absolute atomic E-state index is 12.5. The summed E-state index contributed by atoms with van der Waals surface area (Å²) in [5.41, 5.74) is -0.832. The SMILES string of the molecule is O=S(=O)(NC1CCC(Oc2ccc(C(F)(F)F)cn2)CC1)c1ccc(Cl)s1. The second-order valence-corrected chi connectivity index (χ2v) is 9.81. The summed E-state index contributed by atoms with van der Waals surface area (Å²) in [5, 5.41) is 0. The topological polar surface area (TPSA) is 68.3 Å². The van der Waals surface area contributed by atoms with Gasteiger partial charge in [0.2, 0.25) is 15.9 Å². The van der Waals surface area contributed by atoms with Gasteiger partial charge in [0.1, 0.15) is 10.3 Å². The molecular formula is C16H16ClF3N2O3S2. The van der Waals surface area contributed by atoms with Crippen LogP contribution in [0.3, 0.4) is 0 Å². The number of halogens is 4. The lowest BCUT2D eigenvalue weighted by Gasteiger charge is -2.28. The Morgan fingerprint density at radius 1 is 1.15 bits per heavy atom. The molecule has 11 heteroatoms. The average molecular weight is 441 g/mol. The number of hydrogen-bond donors (Lipinski definition) is 1. The van der Waals surface area contributed by atoms with E-state index in [1.807, 2.05) is 0 Å². The van der Waals surface area contributed by atoms with Crippen LogP contribution in [0.4, 0.5) is 13.2 Å². The van der Waals surface area contributed by atoms with E-state index >= 15 is 0 Å². The number of rotatable bonds is 5. The number of nitrogens with zero attached hydrogens (tertiary/aromatic N) is 1. The normalized spacial score (nSPS) is 21.2. The highest BCUT2D eigenvalue weighted by atomic mass is 35.5. The number of aromatic nitrogens is 1. The van der Waals surface area contributed by atoms with Crippen molar-refractivity contribution in [3.05, 3.63) is 40.4 Å². The summed E-state index contributed by atoms with van der Waals surface area (Å²) in [5.74, 6) is 0.125. The average Bonchev–Trinajstić information content (AvgIpc) is 3.04. The van der Waals surface area contributed by atoms with E-state index in [4.69, 9.17) is 16.3 Å². The van der Waals surface area contributed by atoms with Crippen LogP contribution < -0.4 is 9.46 Å². The fourth-order valence-electron chi connectivity index (χ4n) is 2.81. The first-order valence-corrected chi connectivity index (χ1v) is 10.8. The van der Waals surface area contributed by atoms with Crippen LogP contribution in [-0.4, -0.2) is 25.5 Å². The molecule has 2 heterocycles. The Morgan fingerprint density at radius 3 is 2.37 bits per heavy atom. The molecule has 1 aliphatic rings. The molecule has 1 aliphatic carbocycles. The molecule has 148 valence electrons. The van der Waals surface area contributed by atoms with Crippen LogP contribution in [0, 0.1) is 0 Å². The Labute approximate surface area is 163 Å². The Morgan fingerprint density at radius 2 is 1.85 bits per heavy atom. The van der Waals surface area contributed by atoms with Gasteiger partial charge in [-0.2, -0.15) is 13.2 Å². The van der Waals surface area contributed by atoms with Crippen LogP contribution in [0.1, 0.15) is 31.2 Å². The van der Waals surface area contributed by atoms with Gasteiger partial charge in [0.05, 0.1) is 9.90 Å². The number of sulfonamides is 1. The standard InChI is InChI=1S/C16H16ClF3N2O3S2/c17-13-6-8-15(26-13)27(23,24)22-11-2-4-12(5-3-11)25-14-7-1-10(9-21-14)16(18,19)20/h1,6-9,11-12,22H,2-5H2. The van der Waals surface area contributed by atoms with E-state index in [0.29, 0.717) is 30.0 Å². The van der Waals surface area contributed by atoms with Crippen LogP contribution in [-0.2, 0) is 16.2 Å². The largest absolute Gasteiger partial charge is 0.474 e. The quantitative estimate of drug-likeness (QED) is 0.744. The lowest BCUT2D eigenvalue weighted by atomic mass is 9.94. The van der Waals surface area contributed by atoms with Crippen molar-refractivity contribution in [3.63, 3.8) is 0 Å². The van der Waals surface area contributed by atoms with Gasteiger partial charge in [-0.15, -0.1) is 11.3 Å². The molecule has 0 radical (unpaired) electrons. The molecule has 0 amide bonds. The van der Waals surface area contributed by atoms with Crippen molar-refractivity contribution < 1.29 is 26.3 Å². The van der Waals surface area contributed by atoms with Gasteiger partial charge in [-0.05, 0) is 43.9 Å². The zero-order valence-corrected chi connectivity index (χ0v) is 16.3. The van der Waals surface area contributed by atoms with E-state index in [1.165, 1.54) is 18.2 Å². The Balaban J connectivity index is 1.52. The van der Waals surface area contributed by atoms with E-state index in [0.717, 1.165) is 23.6 Å². The van der Waals surface area contributed by atoms with Gasteiger partial charge in [0.15, 0.2) is 0 Å². The summed E-state index contributed by atoms with van der Waals surface area (Å²) < 4.78 is 71.1. The molecule has 0 spiro atoms. The molecule has 2 aromatic rings. The second kappa shape index (κ2) is 7.94. The predicted octanol–water partition coefficient (Wildman–Crippen LogP) is 4.48. The van der Waals surface area contributed by atoms with Crippen molar-refractivity contribution in [1.29, 1.82) is 0 Å². The van der Waals surface area contributed by atoms with Gasteiger partial charge in [-0.1, -0.05) is 11.6 Å². The van der Waals surface area contributed by atoms with E-state index in [-0.39, 0.29) is 22.2 Å². The van der Waals surface area contributed by atoms with Crippen molar-refractivity contribution in [3.8, 4) is 5.88 Å². The molecule has 2 aromatic heterocycles. The smallest absolute Gasteiger partial charge is 0.417 e. The number of alkyl halides is 3. The van der Waals surface area contributed by atoms with Gasteiger partial charge in [0, 0.05) is 18.3 Å². The highest BCUT2D eigenvalue weighted by Gasteiger charge is 2.31. The zero-order chi connectivity index (χ0) is 19.7. The van der Waals surface area contributed by atoms with Crippen LogP contribution in [0.2, 0.25) is 4.34 Å². The molecule has 3 rings (SSSR count). The van der Waals surface area contributed by atoms with Crippen molar-refractivity contribution in [2.24, 2.45) is 0 Å². The molecule has 0 saturated heterocycles. The number of hydrogen-bond acceptors (Lipinski definition) is 5. The molecule has 0 atom stereocenters. The molecular weight excluding hydrogens is 425 g/mol. The third kappa shape index (κ3) is 5.34. The van der Waals surface area contributed by atoms with Crippen LogP contribution >= 0.6 is 22.9 Å². The lowest BCUT2D eigenvalue weighted by Crippen LogP contribution is -2.39. The minimum absolute atomic E-state index is 0.125. The molecule has 27 heavy (non-hydrogen) atoms. The number of thiophene rings is 1. The second-order valence-electron chi connectivity index (χ2n) is 6.15. The third-order valence-electron chi connectivity index (χ3n) is 4.16. The van der Waals surface area contributed by atoms with E-state index in [9.17, 15) is 21.6 Å². The van der Waals surface area contributed by atoms with Crippen molar-refractivity contribution >= 4 is 33.0 Å². The Kier molecular flexibility index (Phi) is 5.99. The number of ether oxygens (including phenoxy) is 1. The minimum Gasteiger partial charge on any atom is -0.474 e. The lowest BCUT2D eigenvalue weighted by molar-refractivity contribution is -0.137. The highest BCUT2D eigenvalue weighted by Crippen LogP contribution is 2.31. The van der Waals surface area contributed by atoms with Crippen LogP contribution in [0.5, 0.6) is 5.88 Å². The summed E-state index contributed by atoms with van der Waals surface area (Å²) in [6.07, 6.45) is -1.66.